The number of fused-ring (bicyclic) bond motifs is 1. The van der Waals surface area contributed by atoms with Gasteiger partial charge in [-0.05, 0) is 60.4 Å². The first-order chi connectivity index (χ1) is 11.0. The highest BCUT2D eigenvalue weighted by Gasteiger charge is 2.19. The Morgan fingerprint density at radius 2 is 1.74 bits per heavy atom. The number of aryl methyl sites for hydroxylation is 1. The van der Waals surface area contributed by atoms with Crippen molar-refractivity contribution in [1.82, 2.24) is 5.32 Å². The third kappa shape index (κ3) is 3.81. The van der Waals surface area contributed by atoms with Crippen LogP contribution in [-0.4, -0.2) is 13.0 Å². The van der Waals surface area contributed by atoms with E-state index in [0.717, 1.165) is 24.8 Å². The maximum Gasteiger partial charge on any atom is 0.294 e. The summed E-state index contributed by atoms with van der Waals surface area (Å²) in [5.41, 5.74) is 3.49. The summed E-state index contributed by atoms with van der Waals surface area (Å²) in [6.07, 6.45) is 7.00. The van der Waals surface area contributed by atoms with Gasteiger partial charge in [0.1, 0.15) is 0 Å². The van der Waals surface area contributed by atoms with Crippen molar-refractivity contribution < 1.29 is 13.0 Å². The van der Waals surface area contributed by atoms with Crippen molar-refractivity contribution in [2.45, 2.75) is 24.2 Å². The summed E-state index contributed by atoms with van der Waals surface area (Å²) >= 11 is 0. The van der Waals surface area contributed by atoms with E-state index in [9.17, 15) is 8.42 Å². The van der Waals surface area contributed by atoms with Gasteiger partial charge in [-0.2, -0.15) is 8.42 Å². The third-order valence-corrected chi connectivity index (χ3v) is 4.79. The molecule has 2 N–H and O–H groups in total. The average Bonchev–Trinajstić information content (AvgIpc) is 2.55. The molecule has 23 heavy (non-hydrogen) atoms. The molecule has 1 aliphatic rings. The monoisotopic (exact) mass is 328 g/mol. The molecule has 2 aromatic carbocycles. The summed E-state index contributed by atoms with van der Waals surface area (Å²) in [4.78, 5) is -0.0989. The highest BCUT2D eigenvalue weighted by molar-refractivity contribution is 7.85. The SMILES string of the molecule is O=S(=O)(O)c1ccc(C=CN[C]2CCCc3ccccc32)cc1. The van der Waals surface area contributed by atoms with Crippen LogP contribution in [0.2, 0.25) is 0 Å². The molecule has 0 aromatic heterocycles. The van der Waals surface area contributed by atoms with Gasteiger partial charge in [0, 0.05) is 0 Å². The molecule has 1 radical (unpaired) electrons. The van der Waals surface area contributed by atoms with E-state index >= 15 is 0 Å². The molecule has 0 atom stereocenters. The van der Waals surface area contributed by atoms with Gasteiger partial charge < -0.3 is 5.32 Å². The van der Waals surface area contributed by atoms with E-state index in [2.05, 4.69) is 23.5 Å². The van der Waals surface area contributed by atoms with Crippen LogP contribution in [0.3, 0.4) is 0 Å². The van der Waals surface area contributed by atoms with Crippen LogP contribution in [-0.2, 0) is 16.5 Å². The van der Waals surface area contributed by atoms with Crippen LogP contribution in [0, 0.1) is 6.04 Å². The van der Waals surface area contributed by atoms with Crippen LogP contribution in [0.5, 0.6) is 0 Å². The Balaban J connectivity index is 1.68. The molecule has 3 rings (SSSR count). The van der Waals surface area contributed by atoms with Gasteiger partial charge >= 0.3 is 0 Å². The molecular weight excluding hydrogens is 310 g/mol. The lowest BCUT2D eigenvalue weighted by molar-refractivity contribution is 0.483. The minimum atomic E-state index is -4.13. The van der Waals surface area contributed by atoms with Gasteiger partial charge in [0.05, 0.1) is 10.9 Å². The first kappa shape index (κ1) is 15.8. The van der Waals surface area contributed by atoms with Crippen molar-refractivity contribution in [1.29, 1.82) is 0 Å². The molecule has 0 amide bonds. The zero-order chi connectivity index (χ0) is 16.3. The summed E-state index contributed by atoms with van der Waals surface area (Å²) in [5.74, 6) is 0. The third-order valence-electron chi connectivity index (χ3n) is 3.93. The van der Waals surface area contributed by atoms with Crippen LogP contribution in [0.25, 0.3) is 6.08 Å². The topological polar surface area (TPSA) is 66.4 Å². The Morgan fingerprint density at radius 1 is 1.00 bits per heavy atom. The Kier molecular flexibility index (Phi) is 4.50. The summed E-state index contributed by atoms with van der Waals surface area (Å²) in [7, 11) is -4.13. The smallest absolute Gasteiger partial charge is 0.294 e. The lowest BCUT2D eigenvalue weighted by Gasteiger charge is -2.24. The van der Waals surface area contributed by atoms with E-state index in [1.54, 1.807) is 12.1 Å². The van der Waals surface area contributed by atoms with E-state index in [4.69, 9.17) is 4.55 Å². The largest absolute Gasteiger partial charge is 0.379 e. The van der Waals surface area contributed by atoms with E-state index in [0.29, 0.717) is 0 Å². The highest BCUT2D eigenvalue weighted by atomic mass is 32.2. The van der Waals surface area contributed by atoms with Crippen LogP contribution in [0.15, 0.2) is 59.6 Å². The Bertz CT molecular complexity index is 810. The molecule has 0 saturated carbocycles. The summed E-state index contributed by atoms with van der Waals surface area (Å²) in [5, 5.41) is 3.34. The average molecular weight is 328 g/mol. The summed E-state index contributed by atoms with van der Waals surface area (Å²) in [6, 6.07) is 15.7. The zero-order valence-electron chi connectivity index (χ0n) is 12.6. The number of rotatable bonds is 4. The first-order valence-corrected chi connectivity index (χ1v) is 8.93. The molecule has 4 nitrogen and oxygen atoms in total. The van der Waals surface area contributed by atoms with Gasteiger partial charge in [0.15, 0.2) is 0 Å². The lowest BCUT2D eigenvalue weighted by Crippen LogP contribution is -2.21. The molecular formula is C18H18NO3S. The first-order valence-electron chi connectivity index (χ1n) is 7.49. The second-order valence-corrected chi connectivity index (χ2v) is 6.93. The zero-order valence-corrected chi connectivity index (χ0v) is 13.4. The van der Waals surface area contributed by atoms with Gasteiger partial charge in [-0.3, -0.25) is 4.55 Å². The predicted octanol–water partition coefficient (Wildman–Crippen LogP) is 3.41. The van der Waals surface area contributed by atoms with E-state index < -0.39 is 10.1 Å². The van der Waals surface area contributed by atoms with Gasteiger partial charge in [-0.15, -0.1) is 0 Å². The van der Waals surface area contributed by atoms with Gasteiger partial charge in [-0.1, -0.05) is 36.4 Å². The maximum absolute atomic E-state index is 11.0. The van der Waals surface area contributed by atoms with Crippen LogP contribution >= 0.6 is 0 Å². The van der Waals surface area contributed by atoms with Gasteiger partial charge in [-0.25, -0.2) is 0 Å². The van der Waals surface area contributed by atoms with Crippen molar-refractivity contribution in [2.24, 2.45) is 0 Å². The van der Waals surface area contributed by atoms with Crippen molar-refractivity contribution >= 4 is 16.2 Å². The quantitative estimate of drug-likeness (QED) is 0.844. The number of hydrogen-bond acceptors (Lipinski definition) is 3. The number of hydrogen-bond donors (Lipinski definition) is 2. The van der Waals surface area contributed by atoms with Crippen LogP contribution < -0.4 is 5.32 Å². The molecule has 2 aromatic rings. The molecule has 5 heteroatoms. The molecule has 0 spiro atoms. The van der Waals surface area contributed by atoms with E-state index in [1.165, 1.54) is 29.3 Å². The van der Waals surface area contributed by atoms with Gasteiger partial charge in [0.2, 0.25) is 0 Å². The minimum absolute atomic E-state index is 0.0989. The Morgan fingerprint density at radius 3 is 2.48 bits per heavy atom. The molecule has 0 aliphatic heterocycles. The van der Waals surface area contributed by atoms with Crippen molar-refractivity contribution in [3.05, 3.63) is 77.5 Å². The Hall–Kier alpha value is -2.11. The van der Waals surface area contributed by atoms with Crippen molar-refractivity contribution in [3.63, 3.8) is 0 Å². The molecule has 0 heterocycles. The minimum Gasteiger partial charge on any atom is -0.379 e. The fourth-order valence-corrected chi connectivity index (χ4v) is 3.24. The Labute approximate surface area is 136 Å². The second-order valence-electron chi connectivity index (χ2n) is 5.51. The molecule has 119 valence electrons. The van der Waals surface area contributed by atoms with E-state index in [-0.39, 0.29) is 4.90 Å². The fraction of sp³-hybridized carbons (Fsp3) is 0.167. The van der Waals surface area contributed by atoms with Crippen molar-refractivity contribution in [2.75, 3.05) is 0 Å². The van der Waals surface area contributed by atoms with Crippen molar-refractivity contribution in [3.8, 4) is 0 Å². The summed E-state index contributed by atoms with van der Waals surface area (Å²) in [6.45, 7) is 0. The highest BCUT2D eigenvalue weighted by Crippen LogP contribution is 2.28. The lowest BCUT2D eigenvalue weighted by atomic mass is 9.88. The standard InChI is InChI=1S/C18H18NO3S/c20-23(21,22)16-10-8-14(9-11-16)12-13-19-18-7-3-5-15-4-1-2-6-17(15)18/h1-2,4,6,8-13,19H,3,5,7H2,(H,20,21,22). The second kappa shape index (κ2) is 6.56. The molecule has 0 saturated heterocycles. The predicted molar refractivity (Wildman–Crippen MR) is 90.2 cm³/mol. The molecule has 0 bridgehead atoms. The fourth-order valence-electron chi connectivity index (χ4n) is 2.76. The molecule has 0 unspecified atom stereocenters. The van der Waals surface area contributed by atoms with Crippen LogP contribution in [0.4, 0.5) is 0 Å². The van der Waals surface area contributed by atoms with Gasteiger partial charge in [0.25, 0.3) is 10.1 Å². The molecule has 0 fully saturated rings. The number of nitrogens with one attached hydrogen (secondary N) is 1. The van der Waals surface area contributed by atoms with Crippen LogP contribution in [0.1, 0.15) is 29.5 Å². The molecule has 1 aliphatic carbocycles. The number of benzene rings is 2. The normalized spacial score (nSPS) is 15.5. The van der Waals surface area contributed by atoms with E-state index in [1.807, 2.05) is 18.3 Å². The maximum atomic E-state index is 11.0. The summed E-state index contributed by atoms with van der Waals surface area (Å²) < 4.78 is 31.0.